The summed E-state index contributed by atoms with van der Waals surface area (Å²) in [4.78, 5) is 2.49. The van der Waals surface area contributed by atoms with Crippen LogP contribution in [0.5, 0.6) is 0 Å². The predicted octanol–water partition coefficient (Wildman–Crippen LogP) is 0.412. The van der Waals surface area contributed by atoms with Crippen LogP contribution in [-0.2, 0) is 4.74 Å². The van der Waals surface area contributed by atoms with Gasteiger partial charge in [0.25, 0.3) is 0 Å². The van der Waals surface area contributed by atoms with E-state index in [0.717, 1.165) is 25.6 Å². The molecule has 2 aliphatic rings. The lowest BCUT2D eigenvalue weighted by atomic mass is 10.3. The van der Waals surface area contributed by atoms with Crippen molar-refractivity contribution < 1.29 is 9.84 Å². The fourth-order valence-corrected chi connectivity index (χ4v) is 3.02. The van der Waals surface area contributed by atoms with Gasteiger partial charge in [0.2, 0.25) is 0 Å². The van der Waals surface area contributed by atoms with Gasteiger partial charge >= 0.3 is 0 Å². The van der Waals surface area contributed by atoms with Crippen LogP contribution in [0.3, 0.4) is 0 Å². The Morgan fingerprint density at radius 1 is 1.33 bits per heavy atom. The maximum absolute atomic E-state index is 9.72. The Labute approximate surface area is 114 Å². The van der Waals surface area contributed by atoms with Crippen molar-refractivity contribution in [2.24, 2.45) is 5.92 Å². The van der Waals surface area contributed by atoms with E-state index in [2.05, 4.69) is 10.2 Å². The molecule has 1 aliphatic heterocycles. The molecule has 1 atom stereocenters. The van der Waals surface area contributed by atoms with Crippen LogP contribution in [0, 0.1) is 5.92 Å². The van der Waals surface area contributed by atoms with Gasteiger partial charge in [0.05, 0.1) is 12.7 Å². The fraction of sp³-hybridized carbons (Fsp3) is 1.00. The quantitative estimate of drug-likeness (QED) is 0.596. The van der Waals surface area contributed by atoms with E-state index in [-0.39, 0.29) is 6.10 Å². The van der Waals surface area contributed by atoms with Crippen LogP contribution >= 0.6 is 11.8 Å². The molecule has 0 aromatic rings. The topological polar surface area (TPSA) is 44.7 Å². The van der Waals surface area contributed by atoms with E-state index in [0.29, 0.717) is 13.2 Å². The van der Waals surface area contributed by atoms with E-state index < -0.39 is 0 Å². The van der Waals surface area contributed by atoms with Crippen LogP contribution in [0.4, 0.5) is 0 Å². The van der Waals surface area contributed by atoms with Crippen LogP contribution in [0.1, 0.15) is 12.8 Å². The van der Waals surface area contributed by atoms with Crippen LogP contribution in [0.2, 0.25) is 0 Å². The number of nitrogens with zero attached hydrogens (tertiary/aromatic N) is 1. The van der Waals surface area contributed by atoms with Gasteiger partial charge in [0.1, 0.15) is 0 Å². The third-order valence-corrected chi connectivity index (χ3v) is 4.39. The fourth-order valence-electron chi connectivity index (χ4n) is 2.04. The number of hydrogen-bond donors (Lipinski definition) is 2. The first-order valence-electron chi connectivity index (χ1n) is 7.11. The van der Waals surface area contributed by atoms with Gasteiger partial charge in [0, 0.05) is 50.8 Å². The van der Waals surface area contributed by atoms with Crippen molar-refractivity contribution in [3.8, 4) is 0 Å². The zero-order valence-corrected chi connectivity index (χ0v) is 12.0. The number of aliphatic hydroxyl groups excluding tert-OH is 1. The number of aliphatic hydroxyl groups is 1. The van der Waals surface area contributed by atoms with Crippen LogP contribution < -0.4 is 5.32 Å². The average Bonchev–Trinajstić information content (AvgIpc) is 3.20. The zero-order chi connectivity index (χ0) is 12.6. The van der Waals surface area contributed by atoms with E-state index in [1.165, 1.54) is 37.4 Å². The molecule has 1 saturated carbocycles. The first-order valence-corrected chi connectivity index (χ1v) is 8.26. The second kappa shape index (κ2) is 8.38. The predicted molar refractivity (Wildman–Crippen MR) is 76.2 cm³/mol. The molecule has 2 N–H and O–H groups in total. The summed E-state index contributed by atoms with van der Waals surface area (Å²) in [6.07, 6.45) is 2.26. The standard InChI is InChI=1S/C13H26N2O2S/c16-13(11-17-10-12-1-2-12)9-14-3-4-15-5-7-18-8-6-15/h12-14,16H,1-11H2. The molecule has 0 radical (unpaired) electrons. The van der Waals surface area contributed by atoms with Gasteiger partial charge < -0.3 is 20.1 Å². The monoisotopic (exact) mass is 274 g/mol. The average molecular weight is 274 g/mol. The molecule has 106 valence electrons. The lowest BCUT2D eigenvalue weighted by Crippen LogP contribution is -2.40. The minimum atomic E-state index is -0.360. The van der Waals surface area contributed by atoms with Gasteiger partial charge in [0.15, 0.2) is 0 Å². The van der Waals surface area contributed by atoms with Gasteiger partial charge in [-0.15, -0.1) is 0 Å². The number of thioether (sulfide) groups is 1. The molecule has 2 rings (SSSR count). The molecule has 0 bridgehead atoms. The number of rotatable bonds is 9. The van der Waals surface area contributed by atoms with E-state index >= 15 is 0 Å². The Balaban J connectivity index is 1.39. The summed E-state index contributed by atoms with van der Waals surface area (Å²) in [5.41, 5.74) is 0. The van der Waals surface area contributed by atoms with Crippen LogP contribution in [-0.4, -0.2) is 73.6 Å². The lowest BCUT2D eigenvalue weighted by molar-refractivity contribution is 0.0324. The third kappa shape index (κ3) is 6.38. The second-order valence-corrected chi connectivity index (χ2v) is 6.52. The summed E-state index contributed by atoms with van der Waals surface area (Å²) >= 11 is 2.04. The molecule has 0 amide bonds. The normalized spacial score (nSPS) is 23.2. The molecule has 1 heterocycles. The van der Waals surface area contributed by atoms with Crippen molar-refractivity contribution in [1.82, 2.24) is 10.2 Å². The highest BCUT2D eigenvalue weighted by atomic mass is 32.2. The summed E-state index contributed by atoms with van der Waals surface area (Å²) < 4.78 is 5.46. The minimum Gasteiger partial charge on any atom is -0.389 e. The molecular weight excluding hydrogens is 248 g/mol. The van der Waals surface area contributed by atoms with Gasteiger partial charge in [-0.2, -0.15) is 11.8 Å². The summed E-state index contributed by atoms with van der Waals surface area (Å²) in [5, 5.41) is 13.0. The summed E-state index contributed by atoms with van der Waals surface area (Å²) in [6, 6.07) is 0. The third-order valence-electron chi connectivity index (χ3n) is 3.45. The summed E-state index contributed by atoms with van der Waals surface area (Å²) in [7, 11) is 0. The van der Waals surface area contributed by atoms with E-state index in [1.54, 1.807) is 0 Å². The minimum absolute atomic E-state index is 0.360. The smallest absolute Gasteiger partial charge is 0.0897 e. The van der Waals surface area contributed by atoms with Crippen molar-refractivity contribution in [3.63, 3.8) is 0 Å². The van der Waals surface area contributed by atoms with Crippen molar-refractivity contribution in [3.05, 3.63) is 0 Å². The van der Waals surface area contributed by atoms with E-state index in [1.807, 2.05) is 11.8 Å². The van der Waals surface area contributed by atoms with Crippen molar-refractivity contribution >= 4 is 11.8 Å². The molecular formula is C13H26N2O2S. The second-order valence-electron chi connectivity index (χ2n) is 5.29. The maximum atomic E-state index is 9.72. The molecule has 1 saturated heterocycles. The lowest BCUT2D eigenvalue weighted by Gasteiger charge is -2.26. The molecule has 4 nitrogen and oxygen atoms in total. The van der Waals surface area contributed by atoms with Crippen molar-refractivity contribution in [2.75, 3.05) is 57.4 Å². The molecule has 0 aromatic heterocycles. The first-order chi connectivity index (χ1) is 8.84. The molecule has 5 heteroatoms. The molecule has 2 fully saturated rings. The Morgan fingerprint density at radius 2 is 2.11 bits per heavy atom. The highest BCUT2D eigenvalue weighted by Crippen LogP contribution is 2.28. The van der Waals surface area contributed by atoms with Gasteiger partial charge in [-0.3, -0.25) is 0 Å². The number of ether oxygens (including phenoxy) is 1. The van der Waals surface area contributed by atoms with Crippen molar-refractivity contribution in [1.29, 1.82) is 0 Å². The SMILES string of the molecule is OC(CNCCN1CCSCC1)COCC1CC1. The van der Waals surface area contributed by atoms with Crippen LogP contribution in [0.25, 0.3) is 0 Å². The molecule has 0 spiro atoms. The molecule has 1 aliphatic carbocycles. The van der Waals surface area contributed by atoms with E-state index in [9.17, 15) is 5.11 Å². The molecule has 18 heavy (non-hydrogen) atoms. The zero-order valence-electron chi connectivity index (χ0n) is 11.1. The Morgan fingerprint density at radius 3 is 2.83 bits per heavy atom. The Kier molecular flexibility index (Phi) is 6.79. The summed E-state index contributed by atoms with van der Waals surface area (Å²) in [5.74, 6) is 3.30. The van der Waals surface area contributed by atoms with Gasteiger partial charge in [-0.25, -0.2) is 0 Å². The van der Waals surface area contributed by atoms with Crippen LogP contribution in [0.15, 0.2) is 0 Å². The number of hydrogen-bond acceptors (Lipinski definition) is 5. The Bertz CT molecular complexity index is 221. The number of nitrogens with one attached hydrogen (secondary N) is 1. The molecule has 1 unspecified atom stereocenters. The molecule has 0 aromatic carbocycles. The van der Waals surface area contributed by atoms with Gasteiger partial charge in [-0.1, -0.05) is 0 Å². The first kappa shape index (κ1) is 14.6. The largest absolute Gasteiger partial charge is 0.389 e. The highest BCUT2D eigenvalue weighted by Gasteiger charge is 2.21. The van der Waals surface area contributed by atoms with E-state index in [4.69, 9.17) is 4.74 Å². The summed E-state index contributed by atoms with van der Waals surface area (Å²) in [6.45, 7) is 6.43. The highest BCUT2D eigenvalue weighted by molar-refractivity contribution is 7.99. The van der Waals surface area contributed by atoms with Gasteiger partial charge in [-0.05, 0) is 18.8 Å². The maximum Gasteiger partial charge on any atom is 0.0897 e. The van der Waals surface area contributed by atoms with Crippen molar-refractivity contribution in [2.45, 2.75) is 18.9 Å². The Hall–Kier alpha value is 0.190.